The molecular formula is C28H29BrClFN2O5. The first-order chi connectivity index (χ1) is 18.1. The first-order valence-electron chi connectivity index (χ1n) is 11.8. The van der Waals surface area contributed by atoms with Crippen LogP contribution < -0.4 is 19.5 Å². The number of carbonyl (C=O) groups is 2. The summed E-state index contributed by atoms with van der Waals surface area (Å²) >= 11 is 9.68. The normalized spacial score (nSPS) is 11.5. The van der Waals surface area contributed by atoms with Crippen molar-refractivity contribution in [1.29, 1.82) is 0 Å². The topological polar surface area (TPSA) is 77.1 Å². The number of aryl methyl sites for hydroxylation is 1. The van der Waals surface area contributed by atoms with Crippen LogP contribution in [0.5, 0.6) is 23.0 Å². The number of rotatable bonds is 9. The molecule has 10 heteroatoms. The van der Waals surface area contributed by atoms with Crippen molar-refractivity contribution in [2.45, 2.75) is 32.9 Å². The van der Waals surface area contributed by atoms with Crippen LogP contribution in [0.25, 0.3) is 0 Å². The number of nitrogens with one attached hydrogen (secondary N) is 1. The highest BCUT2D eigenvalue weighted by Gasteiger charge is 2.25. The van der Waals surface area contributed by atoms with Gasteiger partial charge in [0.05, 0.1) is 20.3 Å². The quantitative estimate of drug-likeness (QED) is 0.278. The summed E-state index contributed by atoms with van der Waals surface area (Å²) in [5.74, 6) is 0.0377. The summed E-state index contributed by atoms with van der Waals surface area (Å²) in [5.41, 5.74) is 1.80. The van der Waals surface area contributed by atoms with E-state index in [-0.39, 0.29) is 12.4 Å². The molecule has 7 nitrogen and oxygen atoms in total. The number of carbonyl (C=O) groups excluding carboxylic acids is 2. The Morgan fingerprint density at radius 1 is 1.05 bits per heavy atom. The van der Waals surface area contributed by atoms with Crippen LogP contribution in [0.3, 0.4) is 0 Å². The lowest BCUT2D eigenvalue weighted by molar-refractivity contribution is -0.145. The fourth-order valence-electron chi connectivity index (χ4n) is 3.82. The molecule has 2 amide bonds. The zero-order chi connectivity index (χ0) is 28.0. The molecule has 38 heavy (non-hydrogen) atoms. The van der Waals surface area contributed by atoms with E-state index in [1.165, 1.54) is 38.3 Å². The summed E-state index contributed by atoms with van der Waals surface area (Å²) in [6.45, 7) is 3.61. The van der Waals surface area contributed by atoms with Crippen molar-refractivity contribution in [1.82, 2.24) is 10.2 Å². The number of likely N-dealkylation sites (N-methyl/N-ethyl adjacent to an activating group) is 1. The van der Waals surface area contributed by atoms with Crippen molar-refractivity contribution in [3.8, 4) is 23.0 Å². The number of benzene rings is 3. The van der Waals surface area contributed by atoms with E-state index in [1.54, 1.807) is 43.3 Å². The maximum atomic E-state index is 13.7. The lowest BCUT2D eigenvalue weighted by atomic mass is 10.0. The predicted octanol–water partition coefficient (Wildman–Crippen LogP) is 6.59. The molecule has 0 aliphatic rings. The van der Waals surface area contributed by atoms with Gasteiger partial charge >= 0.3 is 11.8 Å². The van der Waals surface area contributed by atoms with Crippen LogP contribution in [0.2, 0.25) is 5.02 Å². The molecule has 3 aromatic carbocycles. The summed E-state index contributed by atoms with van der Waals surface area (Å²) < 4.78 is 31.0. The Labute approximate surface area is 235 Å². The average molecular weight is 608 g/mol. The third-order valence-electron chi connectivity index (χ3n) is 5.93. The van der Waals surface area contributed by atoms with Crippen molar-refractivity contribution >= 4 is 39.3 Å². The van der Waals surface area contributed by atoms with Gasteiger partial charge in [-0.25, -0.2) is 4.39 Å². The molecule has 3 aromatic rings. The first kappa shape index (κ1) is 29.3. The van der Waals surface area contributed by atoms with Gasteiger partial charge in [0, 0.05) is 28.7 Å². The molecule has 0 unspecified atom stereocenters. The van der Waals surface area contributed by atoms with Gasteiger partial charge in [0.2, 0.25) is 0 Å². The highest BCUT2D eigenvalue weighted by Crippen LogP contribution is 2.37. The maximum absolute atomic E-state index is 13.7. The number of hydrogen-bond acceptors (Lipinski definition) is 5. The lowest BCUT2D eigenvalue weighted by Gasteiger charge is -2.23. The summed E-state index contributed by atoms with van der Waals surface area (Å²) in [6.07, 6.45) is 0.531. The SMILES string of the molecule is CC[C@@H](NC(=O)C(=O)N(C)Cc1ccc(Cl)cc1Oc1ccc(F)c(C)c1)c1cc(OC)c(OC)cc1Br. The predicted molar refractivity (Wildman–Crippen MR) is 148 cm³/mol. The van der Waals surface area contributed by atoms with Crippen molar-refractivity contribution in [2.24, 2.45) is 0 Å². The van der Waals surface area contributed by atoms with Gasteiger partial charge < -0.3 is 24.4 Å². The molecule has 0 spiro atoms. The van der Waals surface area contributed by atoms with Gasteiger partial charge in [0.15, 0.2) is 11.5 Å². The average Bonchev–Trinajstić information content (AvgIpc) is 2.90. The first-order valence-corrected chi connectivity index (χ1v) is 12.9. The second kappa shape index (κ2) is 13.0. The van der Waals surface area contributed by atoms with Crippen molar-refractivity contribution in [3.63, 3.8) is 0 Å². The Balaban J connectivity index is 1.76. The Morgan fingerprint density at radius 3 is 2.37 bits per heavy atom. The standard InChI is InChI=1S/C28H29BrClFN2O5/c1-6-23(20-13-25(36-4)26(37-5)14-21(20)29)32-27(34)28(35)33(3)15-17-7-8-18(30)12-24(17)38-19-9-10-22(31)16(2)11-19/h7-14,23H,6,15H2,1-5H3,(H,32,34)/t23-/m1/s1. The smallest absolute Gasteiger partial charge is 0.311 e. The molecule has 0 saturated heterocycles. The second-order valence-electron chi connectivity index (χ2n) is 8.59. The summed E-state index contributed by atoms with van der Waals surface area (Å²) in [6, 6.07) is 12.4. The molecule has 0 saturated carbocycles. The molecule has 0 heterocycles. The van der Waals surface area contributed by atoms with E-state index in [2.05, 4.69) is 21.2 Å². The fraction of sp³-hybridized carbons (Fsp3) is 0.286. The number of halogens is 3. The van der Waals surface area contributed by atoms with E-state index in [4.69, 9.17) is 25.8 Å². The van der Waals surface area contributed by atoms with Crippen molar-refractivity contribution in [3.05, 3.63) is 80.5 Å². The molecule has 202 valence electrons. The van der Waals surface area contributed by atoms with E-state index in [0.29, 0.717) is 50.0 Å². The van der Waals surface area contributed by atoms with Gasteiger partial charge in [-0.15, -0.1) is 0 Å². The Kier molecular flexibility index (Phi) is 9.99. The number of nitrogens with zero attached hydrogens (tertiary/aromatic N) is 1. The molecule has 0 radical (unpaired) electrons. The minimum Gasteiger partial charge on any atom is -0.493 e. The Morgan fingerprint density at radius 2 is 1.74 bits per heavy atom. The van der Waals surface area contributed by atoms with Gasteiger partial charge in [-0.2, -0.15) is 0 Å². The molecule has 1 N–H and O–H groups in total. The zero-order valence-electron chi connectivity index (χ0n) is 21.7. The van der Waals surface area contributed by atoms with Crippen LogP contribution in [0.1, 0.15) is 36.1 Å². The van der Waals surface area contributed by atoms with Crippen molar-refractivity contribution < 1.29 is 28.2 Å². The fourth-order valence-corrected chi connectivity index (χ4v) is 4.58. The highest BCUT2D eigenvalue weighted by atomic mass is 79.9. The molecule has 0 fully saturated rings. The highest BCUT2D eigenvalue weighted by molar-refractivity contribution is 9.10. The van der Waals surface area contributed by atoms with Crippen LogP contribution >= 0.6 is 27.5 Å². The molecule has 0 aliphatic carbocycles. The van der Waals surface area contributed by atoms with E-state index in [9.17, 15) is 14.0 Å². The number of ether oxygens (including phenoxy) is 3. The molecule has 3 rings (SSSR count). The van der Waals surface area contributed by atoms with Crippen LogP contribution in [0, 0.1) is 12.7 Å². The minimum absolute atomic E-state index is 0.0791. The van der Waals surface area contributed by atoms with E-state index >= 15 is 0 Å². The molecule has 0 aliphatic heterocycles. The van der Waals surface area contributed by atoms with E-state index in [0.717, 1.165) is 5.56 Å². The van der Waals surface area contributed by atoms with Gasteiger partial charge in [0.25, 0.3) is 0 Å². The maximum Gasteiger partial charge on any atom is 0.311 e. The third-order valence-corrected chi connectivity index (χ3v) is 6.85. The van der Waals surface area contributed by atoms with Crippen LogP contribution in [0.15, 0.2) is 53.0 Å². The summed E-state index contributed by atoms with van der Waals surface area (Å²) in [5, 5.41) is 3.24. The lowest BCUT2D eigenvalue weighted by Crippen LogP contribution is -2.42. The van der Waals surface area contributed by atoms with Crippen molar-refractivity contribution in [2.75, 3.05) is 21.3 Å². The van der Waals surface area contributed by atoms with E-state index in [1.807, 2.05) is 6.92 Å². The van der Waals surface area contributed by atoms with E-state index < -0.39 is 17.9 Å². The number of methoxy groups -OCH3 is 2. The largest absolute Gasteiger partial charge is 0.493 e. The summed E-state index contributed by atoms with van der Waals surface area (Å²) in [7, 11) is 4.59. The Bertz CT molecular complexity index is 1340. The van der Waals surface area contributed by atoms with Crippen LogP contribution in [-0.4, -0.2) is 38.0 Å². The minimum atomic E-state index is -0.758. The number of amides is 2. The van der Waals surface area contributed by atoms with Crippen LogP contribution in [-0.2, 0) is 16.1 Å². The van der Waals surface area contributed by atoms with Crippen LogP contribution in [0.4, 0.5) is 4.39 Å². The van der Waals surface area contributed by atoms with Gasteiger partial charge in [-0.05, 0) is 66.9 Å². The molecule has 0 aromatic heterocycles. The monoisotopic (exact) mass is 606 g/mol. The van der Waals surface area contributed by atoms with Gasteiger partial charge in [0.1, 0.15) is 17.3 Å². The number of hydrogen-bond donors (Lipinski definition) is 1. The summed E-state index contributed by atoms with van der Waals surface area (Å²) in [4.78, 5) is 27.2. The zero-order valence-corrected chi connectivity index (χ0v) is 24.1. The third kappa shape index (κ3) is 6.96. The molecule has 0 bridgehead atoms. The second-order valence-corrected chi connectivity index (χ2v) is 9.88. The molecule has 1 atom stereocenters. The Hall–Kier alpha value is -3.30. The molecular weight excluding hydrogens is 579 g/mol. The van der Waals surface area contributed by atoms with Gasteiger partial charge in [-0.3, -0.25) is 9.59 Å². The van der Waals surface area contributed by atoms with Gasteiger partial charge in [-0.1, -0.05) is 40.5 Å².